The Kier molecular flexibility index (Phi) is 4.08. The second-order valence-electron chi connectivity index (χ2n) is 4.57. The third-order valence-corrected chi connectivity index (χ3v) is 3.74. The number of carbonyl (C=O) groups is 3. The van der Waals surface area contributed by atoms with Gasteiger partial charge in [-0.1, -0.05) is 6.07 Å². The van der Waals surface area contributed by atoms with Crippen LogP contribution in [0.25, 0.3) is 0 Å². The van der Waals surface area contributed by atoms with Gasteiger partial charge in [0, 0.05) is 11.0 Å². The summed E-state index contributed by atoms with van der Waals surface area (Å²) in [4.78, 5) is 36.1. The molecule has 0 radical (unpaired) electrons. The molecule has 0 spiro atoms. The average Bonchev–Trinajstić information content (AvgIpc) is 2.37. The number of amides is 2. The summed E-state index contributed by atoms with van der Waals surface area (Å²) in [6, 6.07) is 4.10. The lowest BCUT2D eigenvalue weighted by Gasteiger charge is -2.33. The first-order chi connectivity index (χ1) is 9.40. The molecule has 1 aliphatic rings. The van der Waals surface area contributed by atoms with Gasteiger partial charge in [-0.2, -0.15) is 0 Å². The van der Waals surface area contributed by atoms with Gasteiger partial charge in [0.25, 0.3) is 5.91 Å². The number of aliphatic carboxylic acids is 1. The normalized spacial score (nSPS) is 18.6. The van der Waals surface area contributed by atoms with Gasteiger partial charge >= 0.3 is 5.97 Å². The first kappa shape index (κ1) is 14.5. The highest BCUT2D eigenvalue weighted by molar-refractivity contribution is 9.10. The van der Waals surface area contributed by atoms with Crippen molar-refractivity contribution in [2.45, 2.75) is 13.0 Å². The van der Waals surface area contributed by atoms with Gasteiger partial charge in [-0.25, -0.2) is 4.79 Å². The zero-order chi connectivity index (χ0) is 14.9. The van der Waals surface area contributed by atoms with Crippen LogP contribution in [0.15, 0.2) is 22.7 Å². The van der Waals surface area contributed by atoms with Gasteiger partial charge in [0.1, 0.15) is 12.6 Å². The number of carboxylic acids is 1. The zero-order valence-corrected chi connectivity index (χ0v) is 12.3. The summed E-state index contributed by atoms with van der Waals surface area (Å²) >= 11 is 3.29. The summed E-state index contributed by atoms with van der Waals surface area (Å²) in [5, 5.41) is 11.6. The number of hydrogen-bond acceptors (Lipinski definition) is 3. The molecule has 1 heterocycles. The van der Waals surface area contributed by atoms with Crippen LogP contribution in [0.1, 0.15) is 15.9 Å². The molecule has 6 nitrogen and oxygen atoms in total. The predicted octanol–water partition coefficient (Wildman–Crippen LogP) is 0.783. The fourth-order valence-electron chi connectivity index (χ4n) is 2.02. The van der Waals surface area contributed by atoms with Crippen molar-refractivity contribution in [1.29, 1.82) is 0 Å². The molecule has 1 aromatic rings. The van der Waals surface area contributed by atoms with E-state index in [1.165, 1.54) is 0 Å². The van der Waals surface area contributed by atoms with Crippen LogP contribution < -0.4 is 5.32 Å². The fourth-order valence-corrected chi connectivity index (χ4v) is 2.69. The molecule has 0 bridgehead atoms. The van der Waals surface area contributed by atoms with Gasteiger partial charge in [0.05, 0.1) is 5.56 Å². The lowest BCUT2D eigenvalue weighted by molar-refractivity contribution is -0.144. The van der Waals surface area contributed by atoms with E-state index in [9.17, 15) is 14.4 Å². The highest BCUT2D eigenvalue weighted by atomic mass is 79.9. The Morgan fingerprint density at radius 1 is 1.45 bits per heavy atom. The number of carboxylic acid groups (broad SMARTS) is 1. The van der Waals surface area contributed by atoms with Crippen molar-refractivity contribution in [2.24, 2.45) is 0 Å². The van der Waals surface area contributed by atoms with Gasteiger partial charge in [-0.3, -0.25) is 9.59 Å². The van der Waals surface area contributed by atoms with Crippen molar-refractivity contribution in [3.63, 3.8) is 0 Å². The van der Waals surface area contributed by atoms with E-state index >= 15 is 0 Å². The second-order valence-corrected chi connectivity index (χ2v) is 5.43. The predicted molar refractivity (Wildman–Crippen MR) is 74.3 cm³/mol. The maximum atomic E-state index is 12.4. The van der Waals surface area contributed by atoms with E-state index in [2.05, 4.69) is 21.2 Å². The molecule has 2 N–H and O–H groups in total. The van der Waals surface area contributed by atoms with Crippen LogP contribution in [0, 0.1) is 6.92 Å². The first-order valence-electron chi connectivity index (χ1n) is 5.97. The summed E-state index contributed by atoms with van der Waals surface area (Å²) in [6.45, 7) is 1.55. The number of piperazine rings is 1. The average molecular weight is 341 g/mol. The molecule has 20 heavy (non-hydrogen) atoms. The Morgan fingerprint density at radius 2 is 2.15 bits per heavy atom. The van der Waals surface area contributed by atoms with Crippen molar-refractivity contribution in [2.75, 3.05) is 13.1 Å². The van der Waals surface area contributed by atoms with E-state index in [1.807, 2.05) is 6.92 Å². The number of nitrogens with zero attached hydrogens (tertiary/aromatic N) is 1. The Morgan fingerprint density at radius 3 is 2.75 bits per heavy atom. The van der Waals surface area contributed by atoms with Crippen molar-refractivity contribution in [3.8, 4) is 0 Å². The van der Waals surface area contributed by atoms with E-state index in [0.29, 0.717) is 10.0 Å². The number of hydrogen-bond donors (Lipinski definition) is 2. The standard InChI is InChI=1S/C13H13BrN2O4/c1-7-2-3-8(9(14)4-7)12(18)16-6-11(17)15-5-10(16)13(19)20/h2-4,10H,5-6H2,1H3,(H,15,17)(H,19,20). The Hall–Kier alpha value is -1.89. The fraction of sp³-hybridized carbons (Fsp3) is 0.308. The molecule has 2 amide bonds. The molecule has 1 aliphatic heterocycles. The lowest BCUT2D eigenvalue weighted by Crippen LogP contribution is -2.59. The topological polar surface area (TPSA) is 86.7 Å². The van der Waals surface area contributed by atoms with Crippen LogP contribution in [-0.4, -0.2) is 46.9 Å². The largest absolute Gasteiger partial charge is 0.480 e. The molecule has 0 aromatic heterocycles. The van der Waals surface area contributed by atoms with Gasteiger partial charge in [-0.15, -0.1) is 0 Å². The Balaban J connectivity index is 2.33. The molecule has 0 saturated carbocycles. The minimum atomic E-state index is -1.14. The highest BCUT2D eigenvalue weighted by Gasteiger charge is 2.36. The quantitative estimate of drug-likeness (QED) is 0.832. The summed E-state index contributed by atoms with van der Waals surface area (Å²) in [7, 11) is 0. The summed E-state index contributed by atoms with van der Waals surface area (Å²) in [6.07, 6.45) is 0. The van der Waals surface area contributed by atoms with Gasteiger partial charge in [0.15, 0.2) is 0 Å². The first-order valence-corrected chi connectivity index (χ1v) is 6.76. The minimum Gasteiger partial charge on any atom is -0.480 e. The highest BCUT2D eigenvalue weighted by Crippen LogP contribution is 2.21. The molecule has 0 aliphatic carbocycles. The van der Waals surface area contributed by atoms with Crippen LogP contribution >= 0.6 is 15.9 Å². The molecule has 7 heteroatoms. The number of aryl methyl sites for hydroxylation is 1. The summed E-state index contributed by atoms with van der Waals surface area (Å²) in [5.74, 6) is -1.97. The molecule has 1 unspecified atom stereocenters. The molecule has 106 valence electrons. The van der Waals surface area contributed by atoms with Crippen LogP contribution in [0.2, 0.25) is 0 Å². The van der Waals surface area contributed by atoms with Gasteiger partial charge in [-0.05, 0) is 40.5 Å². The smallest absolute Gasteiger partial charge is 0.328 e. The third kappa shape index (κ3) is 2.82. The van der Waals surface area contributed by atoms with E-state index in [-0.39, 0.29) is 19.0 Å². The van der Waals surface area contributed by atoms with Crippen molar-refractivity contribution < 1.29 is 19.5 Å². The second kappa shape index (κ2) is 5.62. The van der Waals surface area contributed by atoms with Crippen LogP contribution in [-0.2, 0) is 9.59 Å². The monoisotopic (exact) mass is 340 g/mol. The Labute approximate surface area is 123 Å². The molecule has 1 aromatic carbocycles. The molecular weight excluding hydrogens is 328 g/mol. The van der Waals surface area contributed by atoms with Crippen LogP contribution in [0.4, 0.5) is 0 Å². The number of benzene rings is 1. The van der Waals surface area contributed by atoms with Crippen molar-refractivity contribution in [1.82, 2.24) is 10.2 Å². The molecule has 1 atom stereocenters. The van der Waals surface area contributed by atoms with Crippen molar-refractivity contribution >= 4 is 33.7 Å². The van der Waals surface area contributed by atoms with Crippen molar-refractivity contribution in [3.05, 3.63) is 33.8 Å². The van der Waals surface area contributed by atoms with E-state index in [0.717, 1.165) is 10.5 Å². The van der Waals surface area contributed by atoms with E-state index in [4.69, 9.17) is 5.11 Å². The number of rotatable bonds is 2. The third-order valence-electron chi connectivity index (χ3n) is 3.08. The maximum Gasteiger partial charge on any atom is 0.328 e. The summed E-state index contributed by atoms with van der Waals surface area (Å²) in [5.41, 5.74) is 1.32. The molecule has 1 fully saturated rings. The van der Waals surface area contributed by atoms with Gasteiger partial charge in [0.2, 0.25) is 5.91 Å². The van der Waals surface area contributed by atoms with Crippen LogP contribution in [0.3, 0.4) is 0 Å². The number of carbonyl (C=O) groups excluding carboxylic acids is 2. The van der Waals surface area contributed by atoms with Crippen LogP contribution in [0.5, 0.6) is 0 Å². The summed E-state index contributed by atoms with van der Waals surface area (Å²) < 4.78 is 0.581. The zero-order valence-electron chi connectivity index (χ0n) is 10.7. The number of nitrogens with one attached hydrogen (secondary N) is 1. The van der Waals surface area contributed by atoms with E-state index in [1.54, 1.807) is 18.2 Å². The SMILES string of the molecule is Cc1ccc(C(=O)N2CC(=O)NCC2C(=O)O)c(Br)c1. The lowest BCUT2D eigenvalue weighted by atomic mass is 10.1. The van der Waals surface area contributed by atoms with E-state index < -0.39 is 17.9 Å². The maximum absolute atomic E-state index is 12.4. The Bertz CT molecular complexity index is 588. The molecular formula is C13H13BrN2O4. The molecule has 2 rings (SSSR count). The van der Waals surface area contributed by atoms with Gasteiger partial charge < -0.3 is 15.3 Å². The minimum absolute atomic E-state index is 0.0800. The number of halogens is 1. The molecule has 1 saturated heterocycles.